The van der Waals surface area contributed by atoms with Crippen LogP contribution in [0.1, 0.15) is 44.9 Å². The average molecular weight is 305 g/mol. The van der Waals surface area contributed by atoms with Crippen LogP contribution in [-0.2, 0) is 17.6 Å². The van der Waals surface area contributed by atoms with Crippen LogP contribution in [0.2, 0.25) is 0 Å². The molecular formula is C15H23N5O2. The second kappa shape index (κ2) is 6.29. The van der Waals surface area contributed by atoms with E-state index in [9.17, 15) is 9.59 Å². The average Bonchev–Trinajstić information content (AvgIpc) is 2.36. The van der Waals surface area contributed by atoms with Crippen molar-refractivity contribution in [3.63, 3.8) is 0 Å². The third kappa shape index (κ3) is 4.41. The number of carbonyl (C=O) groups is 2. The first kappa shape index (κ1) is 16.2. The lowest BCUT2D eigenvalue weighted by atomic mass is 9.89. The SMILES string of the molecule is CC1CCc2nc(NC(=O)NC(C)(C)CC(N)=O)ncc2C1. The molecule has 22 heavy (non-hydrogen) atoms. The Morgan fingerprint density at radius 3 is 2.86 bits per heavy atom. The number of primary amides is 1. The molecule has 0 saturated heterocycles. The Kier molecular flexibility index (Phi) is 4.63. The van der Waals surface area contributed by atoms with Crippen molar-refractivity contribution in [2.75, 3.05) is 5.32 Å². The molecule has 0 fully saturated rings. The number of hydrogen-bond donors (Lipinski definition) is 3. The van der Waals surface area contributed by atoms with E-state index in [1.54, 1.807) is 20.0 Å². The molecule has 120 valence electrons. The molecule has 7 heteroatoms. The first-order valence-electron chi connectivity index (χ1n) is 7.47. The molecule has 3 amide bonds. The predicted octanol–water partition coefficient (Wildman–Crippen LogP) is 1.38. The van der Waals surface area contributed by atoms with E-state index in [1.165, 1.54) is 0 Å². The molecule has 1 aliphatic carbocycles. The van der Waals surface area contributed by atoms with Crippen LogP contribution in [0.3, 0.4) is 0 Å². The monoisotopic (exact) mass is 305 g/mol. The standard InChI is InChI=1S/C15H23N5O2/c1-9-4-5-11-10(6-9)8-17-13(18-11)19-14(22)20-15(2,3)7-12(16)21/h8-9H,4-7H2,1-3H3,(H2,16,21)(H2,17,18,19,20,22). The van der Waals surface area contributed by atoms with Crippen LogP contribution in [0, 0.1) is 5.92 Å². The quantitative estimate of drug-likeness (QED) is 0.780. The second-order valence-corrected chi connectivity index (χ2v) is 6.62. The van der Waals surface area contributed by atoms with Gasteiger partial charge in [-0.1, -0.05) is 6.92 Å². The number of amides is 3. The number of nitrogens with two attached hydrogens (primary N) is 1. The highest BCUT2D eigenvalue weighted by Gasteiger charge is 2.23. The van der Waals surface area contributed by atoms with Crippen LogP contribution in [0.15, 0.2) is 6.20 Å². The highest BCUT2D eigenvalue weighted by atomic mass is 16.2. The van der Waals surface area contributed by atoms with Gasteiger partial charge in [0.1, 0.15) is 0 Å². The van der Waals surface area contributed by atoms with Gasteiger partial charge < -0.3 is 11.1 Å². The third-order valence-corrected chi connectivity index (χ3v) is 3.69. The number of nitrogens with one attached hydrogen (secondary N) is 2. The van der Waals surface area contributed by atoms with E-state index < -0.39 is 17.5 Å². The Hall–Kier alpha value is -2.18. The number of rotatable bonds is 4. The minimum Gasteiger partial charge on any atom is -0.370 e. The van der Waals surface area contributed by atoms with Crippen LogP contribution in [-0.4, -0.2) is 27.4 Å². The van der Waals surface area contributed by atoms with Crippen LogP contribution in [0.4, 0.5) is 10.7 Å². The van der Waals surface area contributed by atoms with Gasteiger partial charge in [0.25, 0.3) is 0 Å². The normalized spacial score (nSPS) is 17.5. The van der Waals surface area contributed by atoms with Crippen LogP contribution in [0.5, 0.6) is 0 Å². The van der Waals surface area contributed by atoms with E-state index in [4.69, 9.17) is 5.73 Å². The largest absolute Gasteiger partial charge is 0.370 e. The zero-order chi connectivity index (χ0) is 16.3. The molecule has 4 N–H and O–H groups in total. The van der Waals surface area contributed by atoms with E-state index >= 15 is 0 Å². The smallest absolute Gasteiger partial charge is 0.322 e. The Morgan fingerprint density at radius 1 is 1.45 bits per heavy atom. The van der Waals surface area contributed by atoms with E-state index in [2.05, 4.69) is 27.5 Å². The van der Waals surface area contributed by atoms with E-state index in [0.717, 1.165) is 30.5 Å². The lowest BCUT2D eigenvalue weighted by Crippen LogP contribution is -2.48. The molecule has 0 radical (unpaired) electrons. The summed E-state index contributed by atoms with van der Waals surface area (Å²) >= 11 is 0. The van der Waals surface area contributed by atoms with Crippen molar-refractivity contribution in [1.82, 2.24) is 15.3 Å². The number of anilines is 1. The van der Waals surface area contributed by atoms with Gasteiger partial charge in [0, 0.05) is 23.9 Å². The molecule has 1 aromatic rings. The van der Waals surface area contributed by atoms with Gasteiger partial charge in [-0.15, -0.1) is 0 Å². The lowest BCUT2D eigenvalue weighted by Gasteiger charge is -2.25. The number of urea groups is 1. The highest BCUT2D eigenvalue weighted by Crippen LogP contribution is 2.23. The minimum atomic E-state index is -0.723. The summed E-state index contributed by atoms with van der Waals surface area (Å²) < 4.78 is 0. The summed E-state index contributed by atoms with van der Waals surface area (Å²) in [5.41, 5.74) is 6.59. The maximum Gasteiger partial charge on any atom is 0.322 e. The Balaban J connectivity index is 1.99. The third-order valence-electron chi connectivity index (χ3n) is 3.69. The lowest BCUT2D eigenvalue weighted by molar-refractivity contribution is -0.119. The Bertz CT molecular complexity index is 585. The van der Waals surface area contributed by atoms with Crippen molar-refractivity contribution in [3.05, 3.63) is 17.5 Å². The van der Waals surface area contributed by atoms with Crippen molar-refractivity contribution < 1.29 is 9.59 Å². The zero-order valence-electron chi connectivity index (χ0n) is 13.3. The van der Waals surface area contributed by atoms with Gasteiger partial charge in [0.05, 0.1) is 0 Å². The van der Waals surface area contributed by atoms with Gasteiger partial charge in [0.2, 0.25) is 11.9 Å². The molecule has 0 bridgehead atoms. The van der Waals surface area contributed by atoms with Gasteiger partial charge in [-0.2, -0.15) is 0 Å². The fraction of sp³-hybridized carbons (Fsp3) is 0.600. The summed E-state index contributed by atoms with van der Waals surface area (Å²) in [5.74, 6) is 0.456. The summed E-state index contributed by atoms with van der Waals surface area (Å²) in [6.07, 6.45) is 4.82. The van der Waals surface area contributed by atoms with Crippen molar-refractivity contribution in [3.8, 4) is 0 Å². The van der Waals surface area contributed by atoms with Crippen molar-refractivity contribution in [2.24, 2.45) is 11.7 Å². The van der Waals surface area contributed by atoms with Gasteiger partial charge >= 0.3 is 6.03 Å². The molecule has 0 aliphatic heterocycles. The predicted molar refractivity (Wildman–Crippen MR) is 83.3 cm³/mol. The first-order valence-corrected chi connectivity index (χ1v) is 7.47. The molecule has 0 saturated carbocycles. The number of carbonyl (C=O) groups excluding carboxylic acids is 2. The first-order chi connectivity index (χ1) is 10.2. The van der Waals surface area contributed by atoms with E-state index in [0.29, 0.717) is 5.92 Å². The van der Waals surface area contributed by atoms with Crippen molar-refractivity contribution >= 4 is 17.9 Å². The summed E-state index contributed by atoms with van der Waals surface area (Å²) in [6.45, 7) is 5.67. The fourth-order valence-electron chi connectivity index (χ4n) is 2.67. The number of aryl methyl sites for hydroxylation is 1. The topological polar surface area (TPSA) is 110 Å². The number of hydrogen-bond acceptors (Lipinski definition) is 4. The van der Waals surface area contributed by atoms with Crippen LogP contribution in [0.25, 0.3) is 0 Å². The molecule has 1 atom stereocenters. The second-order valence-electron chi connectivity index (χ2n) is 6.62. The number of fused-ring (bicyclic) bond motifs is 1. The molecular weight excluding hydrogens is 282 g/mol. The highest BCUT2D eigenvalue weighted by molar-refractivity contribution is 5.88. The van der Waals surface area contributed by atoms with E-state index in [-0.39, 0.29) is 12.4 Å². The molecule has 2 rings (SSSR count). The maximum absolute atomic E-state index is 12.0. The number of aromatic nitrogens is 2. The number of nitrogens with zero attached hydrogens (tertiary/aromatic N) is 2. The molecule has 0 aromatic carbocycles. The minimum absolute atomic E-state index is 0.0589. The van der Waals surface area contributed by atoms with Gasteiger partial charge in [-0.05, 0) is 44.6 Å². The molecule has 0 spiro atoms. The molecule has 1 aromatic heterocycles. The Morgan fingerprint density at radius 2 is 2.18 bits per heavy atom. The summed E-state index contributed by atoms with van der Waals surface area (Å²) in [6, 6.07) is -0.449. The van der Waals surface area contributed by atoms with Crippen LogP contribution >= 0.6 is 0 Å². The summed E-state index contributed by atoms with van der Waals surface area (Å²) in [4.78, 5) is 31.5. The van der Waals surface area contributed by atoms with Crippen molar-refractivity contribution in [2.45, 2.75) is 52.0 Å². The van der Waals surface area contributed by atoms with Gasteiger partial charge in [0.15, 0.2) is 0 Å². The molecule has 1 aliphatic rings. The van der Waals surface area contributed by atoms with Gasteiger partial charge in [-0.25, -0.2) is 14.8 Å². The zero-order valence-corrected chi connectivity index (χ0v) is 13.3. The van der Waals surface area contributed by atoms with E-state index in [1.807, 2.05) is 0 Å². The fourth-order valence-corrected chi connectivity index (χ4v) is 2.67. The van der Waals surface area contributed by atoms with Crippen molar-refractivity contribution in [1.29, 1.82) is 0 Å². The van der Waals surface area contributed by atoms with Gasteiger partial charge in [-0.3, -0.25) is 10.1 Å². The molecule has 1 unspecified atom stereocenters. The maximum atomic E-state index is 12.0. The Labute approximate surface area is 130 Å². The van der Waals surface area contributed by atoms with Crippen LogP contribution < -0.4 is 16.4 Å². The summed E-state index contributed by atoms with van der Waals surface area (Å²) in [5, 5.41) is 5.30. The molecule has 1 heterocycles. The molecule has 7 nitrogen and oxygen atoms in total. The summed E-state index contributed by atoms with van der Waals surface area (Å²) in [7, 11) is 0.